The van der Waals surface area contributed by atoms with Crippen LogP contribution < -0.4 is 15.1 Å². The van der Waals surface area contributed by atoms with Crippen molar-refractivity contribution < 1.29 is 33.4 Å². The van der Waals surface area contributed by atoms with Crippen molar-refractivity contribution in [2.24, 2.45) is 0 Å². The first-order valence-electron chi connectivity index (χ1n) is 19.5. The van der Waals surface area contributed by atoms with Crippen LogP contribution in [0.2, 0.25) is 0 Å². The molecule has 2 fully saturated rings. The number of carbonyl (C=O) groups excluding carboxylic acids is 5. The molecule has 13 nitrogen and oxygen atoms in total. The third kappa shape index (κ3) is 7.10. The summed E-state index contributed by atoms with van der Waals surface area (Å²) in [5.74, 6) is -1.09. The van der Waals surface area contributed by atoms with E-state index in [0.29, 0.717) is 91.3 Å². The Kier molecular flexibility index (Phi) is 11.2. The molecule has 0 aliphatic carbocycles. The first-order chi connectivity index (χ1) is 27.4. The summed E-state index contributed by atoms with van der Waals surface area (Å²) in [4.78, 5) is 76.7. The molecule has 8 rings (SSSR count). The Bertz CT molecular complexity index is 2160. The van der Waals surface area contributed by atoms with Gasteiger partial charge in [-0.3, -0.25) is 33.8 Å². The molecule has 4 aliphatic heterocycles. The van der Waals surface area contributed by atoms with Crippen LogP contribution in [0.5, 0.6) is 0 Å². The van der Waals surface area contributed by atoms with Crippen LogP contribution in [-0.2, 0) is 14.3 Å². The van der Waals surface area contributed by atoms with Gasteiger partial charge < -0.3 is 29.5 Å². The number of hydrogen-bond acceptors (Lipinski definition) is 11. The van der Waals surface area contributed by atoms with E-state index in [2.05, 4.69) is 27.7 Å². The monoisotopic (exact) mass is 778 g/mol. The van der Waals surface area contributed by atoms with Gasteiger partial charge in [-0.15, -0.1) is 0 Å². The number of nitrogens with one attached hydrogen (secondary N) is 1. The fraction of sp³-hybridized carbons (Fsp3) is 0.405. The van der Waals surface area contributed by atoms with E-state index >= 15 is 0 Å². The van der Waals surface area contributed by atoms with E-state index in [1.165, 1.54) is 9.80 Å². The maximum atomic E-state index is 13.8. The number of morpholine rings is 2. The minimum atomic E-state index is -0.367. The molecule has 0 saturated carbocycles. The van der Waals surface area contributed by atoms with Gasteiger partial charge >= 0.3 is 0 Å². The Morgan fingerprint density at radius 2 is 1.11 bits per heavy atom. The minimum absolute atomic E-state index is 0.0613. The van der Waals surface area contributed by atoms with Gasteiger partial charge in [0.25, 0.3) is 23.6 Å². The first kappa shape index (κ1) is 37.9. The molecule has 4 aliphatic rings. The molecule has 0 radical (unpaired) electrons. The number of imide groups is 2. The maximum Gasteiger partial charge on any atom is 0.261 e. The molecule has 4 heterocycles. The van der Waals surface area contributed by atoms with E-state index < -0.39 is 0 Å². The number of nitrogens with zero attached hydrogens (tertiary/aromatic N) is 5. The van der Waals surface area contributed by atoms with Gasteiger partial charge in [0.15, 0.2) is 0 Å². The Morgan fingerprint density at radius 3 is 1.61 bits per heavy atom. The zero-order valence-electron chi connectivity index (χ0n) is 31.3. The maximum absolute atomic E-state index is 13.8. The van der Waals surface area contributed by atoms with Gasteiger partial charge in [0, 0.05) is 120 Å². The Morgan fingerprint density at radius 1 is 0.625 bits per heavy atom. The third-order valence-corrected chi connectivity index (χ3v) is 11.4. The zero-order valence-corrected chi connectivity index (χ0v) is 32.2. The molecule has 56 heavy (non-hydrogen) atoms. The summed E-state index contributed by atoms with van der Waals surface area (Å²) >= 11 is 4.27. The lowest BCUT2D eigenvalue weighted by Crippen LogP contribution is -2.46. The summed E-state index contributed by atoms with van der Waals surface area (Å²) in [6, 6.07) is 18.8. The molecule has 0 atom stereocenters. The van der Waals surface area contributed by atoms with Crippen LogP contribution in [-0.4, -0.2) is 142 Å². The standard InChI is InChI=1S/C42H46N6O7S/c49-36(12-27-56)46(17-18-48-40(51)31-7-2-5-29-35(45-21-25-55-26-22-45)11-9-33(38(29)31)42(48)53)15-3-13-43-14-16-47-39(50)30-6-1-4-28-34(44-19-23-54-24-20-44)10-8-32(37(28)30)41(47)52/h1-2,4-11,43,56H,3,12-27H2. The largest absolute Gasteiger partial charge is 0.378 e. The van der Waals surface area contributed by atoms with Gasteiger partial charge in [-0.05, 0) is 55.1 Å². The number of thiol groups is 1. The summed E-state index contributed by atoms with van der Waals surface area (Å²) in [5.41, 5.74) is 3.99. The summed E-state index contributed by atoms with van der Waals surface area (Å²) in [5, 5.41) is 6.46. The van der Waals surface area contributed by atoms with Gasteiger partial charge in [0.05, 0.1) is 26.4 Å². The second-order valence-electron chi connectivity index (χ2n) is 14.4. The molecular weight excluding hydrogens is 733 g/mol. The number of rotatable bonds is 14. The fourth-order valence-electron chi connectivity index (χ4n) is 8.37. The molecule has 5 amide bonds. The Balaban J connectivity index is 0.869. The highest BCUT2D eigenvalue weighted by molar-refractivity contribution is 7.80. The molecule has 4 aromatic carbocycles. The van der Waals surface area contributed by atoms with E-state index in [9.17, 15) is 24.0 Å². The summed E-state index contributed by atoms with van der Waals surface area (Å²) in [6.07, 6.45) is 0.813. The molecular formula is C42H46N6O7S. The van der Waals surface area contributed by atoms with Crippen molar-refractivity contribution in [3.8, 4) is 0 Å². The van der Waals surface area contributed by atoms with Crippen molar-refractivity contribution in [1.29, 1.82) is 0 Å². The topological polar surface area (TPSA) is 132 Å². The Hall–Kier alpha value is -5.02. The van der Waals surface area contributed by atoms with Crippen LogP contribution in [0.25, 0.3) is 21.5 Å². The number of hydrogen-bond donors (Lipinski definition) is 2. The van der Waals surface area contributed by atoms with E-state index in [1.54, 1.807) is 23.1 Å². The van der Waals surface area contributed by atoms with Crippen LogP contribution in [0.1, 0.15) is 54.3 Å². The smallest absolute Gasteiger partial charge is 0.261 e. The Labute approximate surface area is 330 Å². The number of anilines is 2. The molecule has 0 unspecified atom stereocenters. The third-order valence-electron chi connectivity index (χ3n) is 11.2. The van der Waals surface area contributed by atoms with Crippen LogP contribution in [0.3, 0.4) is 0 Å². The van der Waals surface area contributed by atoms with Crippen LogP contribution >= 0.6 is 12.6 Å². The summed E-state index contributed by atoms with van der Waals surface area (Å²) in [7, 11) is 0. The van der Waals surface area contributed by atoms with E-state index in [1.807, 2.05) is 42.5 Å². The number of ether oxygens (including phenoxy) is 2. The highest BCUT2D eigenvalue weighted by Crippen LogP contribution is 2.38. The van der Waals surface area contributed by atoms with Crippen molar-refractivity contribution in [2.45, 2.75) is 12.8 Å². The lowest BCUT2D eigenvalue weighted by Gasteiger charge is -2.33. The van der Waals surface area contributed by atoms with Gasteiger partial charge in [-0.1, -0.05) is 24.3 Å². The lowest BCUT2D eigenvalue weighted by atomic mass is 9.92. The highest BCUT2D eigenvalue weighted by Gasteiger charge is 2.35. The second-order valence-corrected chi connectivity index (χ2v) is 14.8. The SMILES string of the molecule is O=C(CCS)N(CCCNCCN1C(=O)c2cccc3c(N4CCOCC4)ccc(c23)C1=O)CCN1C(=O)c2cccc3c(N4CCOCC4)ccc(c23)C1=O. The summed E-state index contributed by atoms with van der Waals surface area (Å²) in [6.45, 7) is 7.24. The predicted octanol–water partition coefficient (Wildman–Crippen LogP) is 3.69. The lowest BCUT2D eigenvalue weighted by molar-refractivity contribution is -0.131. The van der Waals surface area contributed by atoms with Crippen LogP contribution in [0, 0.1) is 0 Å². The van der Waals surface area contributed by atoms with Crippen molar-refractivity contribution >= 4 is 75.1 Å². The number of benzene rings is 4. The number of amides is 5. The van der Waals surface area contributed by atoms with Crippen molar-refractivity contribution in [3.05, 3.63) is 82.9 Å². The van der Waals surface area contributed by atoms with E-state index in [0.717, 1.165) is 48.3 Å². The average molecular weight is 779 g/mol. The van der Waals surface area contributed by atoms with E-state index in [-0.39, 0.29) is 55.6 Å². The molecule has 14 heteroatoms. The van der Waals surface area contributed by atoms with Gasteiger partial charge in [-0.25, -0.2) is 0 Å². The van der Waals surface area contributed by atoms with Crippen molar-refractivity contribution in [3.63, 3.8) is 0 Å². The van der Waals surface area contributed by atoms with Gasteiger partial charge in [0.1, 0.15) is 0 Å². The first-order valence-corrected chi connectivity index (χ1v) is 20.1. The van der Waals surface area contributed by atoms with Crippen LogP contribution in [0.15, 0.2) is 60.7 Å². The highest BCUT2D eigenvalue weighted by atomic mass is 32.1. The molecule has 0 spiro atoms. The van der Waals surface area contributed by atoms with Gasteiger partial charge in [-0.2, -0.15) is 12.6 Å². The second kappa shape index (κ2) is 16.6. The minimum Gasteiger partial charge on any atom is -0.378 e. The quantitative estimate of drug-likeness (QED) is 0.111. The van der Waals surface area contributed by atoms with Crippen molar-refractivity contribution in [2.75, 3.05) is 107 Å². The fourth-order valence-corrected chi connectivity index (χ4v) is 8.57. The zero-order chi connectivity index (χ0) is 38.8. The molecule has 292 valence electrons. The molecule has 2 saturated heterocycles. The van der Waals surface area contributed by atoms with Crippen LogP contribution in [0.4, 0.5) is 11.4 Å². The van der Waals surface area contributed by atoms with Gasteiger partial charge in [0.2, 0.25) is 5.91 Å². The summed E-state index contributed by atoms with van der Waals surface area (Å²) < 4.78 is 11.0. The molecule has 4 aromatic rings. The normalized spacial score (nSPS) is 17.1. The molecule has 1 N–H and O–H groups in total. The number of carbonyl (C=O) groups is 5. The predicted molar refractivity (Wildman–Crippen MR) is 217 cm³/mol. The molecule has 0 bridgehead atoms. The molecule has 0 aromatic heterocycles. The van der Waals surface area contributed by atoms with Crippen molar-refractivity contribution in [1.82, 2.24) is 20.0 Å². The van der Waals surface area contributed by atoms with E-state index in [4.69, 9.17) is 9.47 Å². The average Bonchev–Trinajstić information content (AvgIpc) is 3.23.